The van der Waals surface area contributed by atoms with Crippen LogP contribution in [0.4, 0.5) is 0 Å². The quantitative estimate of drug-likeness (QED) is 0.920. The number of hydrogen-bond acceptors (Lipinski definition) is 2. The Morgan fingerprint density at radius 3 is 2.55 bits per heavy atom. The lowest BCUT2D eigenvalue weighted by Gasteiger charge is -2.30. The van der Waals surface area contributed by atoms with Crippen molar-refractivity contribution < 1.29 is 0 Å². The molecule has 0 atom stereocenters. The Balaban J connectivity index is 1.54. The molecule has 2 aromatic rings. The Kier molecular flexibility index (Phi) is 3.91. The zero-order valence-corrected chi connectivity index (χ0v) is 13.7. The first kappa shape index (κ1) is 14.3. The van der Waals surface area contributed by atoms with Gasteiger partial charge in [0.05, 0.1) is 17.6 Å². The van der Waals surface area contributed by atoms with Crippen LogP contribution in [0.25, 0.3) is 11.0 Å². The summed E-state index contributed by atoms with van der Waals surface area (Å²) < 4.78 is 0. The van der Waals surface area contributed by atoms with Crippen LogP contribution in [0.2, 0.25) is 0 Å². The van der Waals surface area contributed by atoms with Gasteiger partial charge in [-0.3, -0.25) is 4.90 Å². The Hall–Kier alpha value is -1.35. The summed E-state index contributed by atoms with van der Waals surface area (Å²) in [5.74, 6) is 1.13. The number of aromatic amines is 1. The second-order valence-electron chi connectivity index (χ2n) is 7.24. The number of imidazole rings is 1. The molecular weight excluding hydrogens is 270 g/mol. The highest BCUT2D eigenvalue weighted by Crippen LogP contribution is 2.26. The maximum Gasteiger partial charge on any atom is 0.121 e. The number of nitrogens with one attached hydrogen (secondary N) is 1. The van der Waals surface area contributed by atoms with Crippen molar-refractivity contribution in [2.75, 3.05) is 7.05 Å². The predicted octanol–water partition coefficient (Wildman–Crippen LogP) is 4.21. The summed E-state index contributed by atoms with van der Waals surface area (Å²) in [6.45, 7) is 0.948. The smallest absolute Gasteiger partial charge is 0.121 e. The molecule has 0 amide bonds. The summed E-state index contributed by atoms with van der Waals surface area (Å²) in [4.78, 5) is 10.9. The number of benzene rings is 1. The van der Waals surface area contributed by atoms with Crippen molar-refractivity contribution in [3.63, 3.8) is 0 Å². The Morgan fingerprint density at radius 2 is 1.77 bits per heavy atom. The lowest BCUT2D eigenvalue weighted by Crippen LogP contribution is -2.33. The summed E-state index contributed by atoms with van der Waals surface area (Å²) in [6, 6.07) is 5.42. The first-order valence-electron chi connectivity index (χ1n) is 9.00. The van der Waals surface area contributed by atoms with Crippen LogP contribution in [0.3, 0.4) is 0 Å². The van der Waals surface area contributed by atoms with Gasteiger partial charge in [-0.2, -0.15) is 0 Å². The first-order valence-corrected chi connectivity index (χ1v) is 9.00. The van der Waals surface area contributed by atoms with Gasteiger partial charge in [0.1, 0.15) is 5.82 Å². The summed E-state index contributed by atoms with van der Waals surface area (Å²) in [6.07, 6.45) is 12.0. The molecule has 3 nitrogen and oxygen atoms in total. The maximum absolute atomic E-state index is 4.86. The SMILES string of the molecule is CN(Cc1nc2cc3c(cc2[nH]1)CCCC3)C1CCCCC1. The van der Waals surface area contributed by atoms with E-state index in [1.165, 1.54) is 74.4 Å². The molecule has 1 saturated carbocycles. The van der Waals surface area contributed by atoms with Gasteiger partial charge in [0.2, 0.25) is 0 Å². The van der Waals surface area contributed by atoms with E-state index in [2.05, 4.69) is 29.1 Å². The van der Waals surface area contributed by atoms with E-state index in [9.17, 15) is 0 Å². The van der Waals surface area contributed by atoms with Gasteiger partial charge in [-0.1, -0.05) is 19.3 Å². The van der Waals surface area contributed by atoms with Gasteiger partial charge in [-0.25, -0.2) is 4.98 Å². The fourth-order valence-electron chi connectivity index (χ4n) is 4.26. The first-order chi connectivity index (χ1) is 10.8. The van der Waals surface area contributed by atoms with Crippen LogP contribution >= 0.6 is 0 Å². The van der Waals surface area contributed by atoms with E-state index >= 15 is 0 Å². The molecule has 2 aliphatic carbocycles. The number of fused-ring (bicyclic) bond motifs is 2. The van der Waals surface area contributed by atoms with Gasteiger partial charge in [0.25, 0.3) is 0 Å². The van der Waals surface area contributed by atoms with Crippen LogP contribution in [0.15, 0.2) is 12.1 Å². The average molecular weight is 297 g/mol. The topological polar surface area (TPSA) is 31.9 Å². The van der Waals surface area contributed by atoms with Crippen LogP contribution in [0.1, 0.15) is 61.9 Å². The molecule has 2 aliphatic rings. The summed E-state index contributed by atoms with van der Waals surface area (Å²) in [5, 5.41) is 0. The Labute approximate surface area is 133 Å². The van der Waals surface area contributed by atoms with Gasteiger partial charge >= 0.3 is 0 Å². The Bertz CT molecular complexity index is 609. The van der Waals surface area contributed by atoms with Crippen molar-refractivity contribution in [3.05, 3.63) is 29.1 Å². The van der Waals surface area contributed by atoms with Crippen molar-refractivity contribution in [3.8, 4) is 0 Å². The molecule has 0 radical (unpaired) electrons. The number of aromatic nitrogens is 2. The van der Waals surface area contributed by atoms with Crippen LogP contribution in [-0.2, 0) is 19.4 Å². The normalized spacial score (nSPS) is 19.7. The molecule has 0 aliphatic heterocycles. The average Bonchev–Trinajstić information content (AvgIpc) is 2.94. The molecule has 0 saturated heterocycles. The van der Waals surface area contributed by atoms with E-state index in [0.29, 0.717) is 0 Å². The van der Waals surface area contributed by atoms with Crippen LogP contribution in [0, 0.1) is 0 Å². The third kappa shape index (κ3) is 2.79. The molecule has 3 heteroatoms. The molecule has 0 spiro atoms. The second kappa shape index (κ2) is 6.04. The van der Waals surface area contributed by atoms with E-state index in [0.717, 1.165) is 23.9 Å². The van der Waals surface area contributed by atoms with Crippen molar-refractivity contribution in [1.29, 1.82) is 0 Å². The molecule has 4 rings (SSSR count). The molecule has 1 heterocycles. The van der Waals surface area contributed by atoms with Gasteiger partial charge in [0, 0.05) is 6.04 Å². The minimum Gasteiger partial charge on any atom is -0.341 e. The highest BCUT2D eigenvalue weighted by atomic mass is 15.2. The highest BCUT2D eigenvalue weighted by molar-refractivity contribution is 5.77. The number of hydrogen-bond donors (Lipinski definition) is 1. The monoisotopic (exact) mass is 297 g/mol. The minimum atomic E-state index is 0.746. The molecule has 0 unspecified atom stereocenters. The lowest BCUT2D eigenvalue weighted by molar-refractivity contribution is 0.181. The Morgan fingerprint density at radius 1 is 1.05 bits per heavy atom. The van der Waals surface area contributed by atoms with Crippen molar-refractivity contribution >= 4 is 11.0 Å². The third-order valence-electron chi connectivity index (χ3n) is 5.59. The highest BCUT2D eigenvalue weighted by Gasteiger charge is 2.19. The fraction of sp³-hybridized carbons (Fsp3) is 0.632. The number of aryl methyl sites for hydroxylation is 2. The number of H-pyrrole nitrogens is 1. The standard InChI is InChI=1S/C19H27N3/c1-22(16-9-3-2-4-10-16)13-19-20-17-11-14-7-5-6-8-15(14)12-18(17)21-19/h11-12,16H,2-10,13H2,1H3,(H,20,21). The maximum atomic E-state index is 4.86. The third-order valence-corrected chi connectivity index (χ3v) is 5.59. The van der Waals surface area contributed by atoms with E-state index in [4.69, 9.17) is 4.98 Å². The zero-order chi connectivity index (χ0) is 14.9. The van der Waals surface area contributed by atoms with E-state index < -0.39 is 0 Å². The molecule has 22 heavy (non-hydrogen) atoms. The molecule has 1 aromatic heterocycles. The van der Waals surface area contributed by atoms with Gasteiger partial charge < -0.3 is 4.98 Å². The van der Waals surface area contributed by atoms with Crippen LogP contribution in [-0.4, -0.2) is 28.0 Å². The molecule has 1 fully saturated rings. The number of nitrogens with zero attached hydrogens (tertiary/aromatic N) is 2. The molecule has 0 bridgehead atoms. The van der Waals surface area contributed by atoms with Crippen molar-refractivity contribution in [2.24, 2.45) is 0 Å². The number of rotatable bonds is 3. The molecule has 118 valence electrons. The largest absolute Gasteiger partial charge is 0.341 e. The fourth-order valence-corrected chi connectivity index (χ4v) is 4.26. The van der Waals surface area contributed by atoms with E-state index in [1.807, 2.05) is 0 Å². The lowest BCUT2D eigenvalue weighted by atomic mass is 9.91. The predicted molar refractivity (Wildman–Crippen MR) is 91.1 cm³/mol. The molecular formula is C19H27N3. The van der Waals surface area contributed by atoms with E-state index in [-0.39, 0.29) is 0 Å². The van der Waals surface area contributed by atoms with Gasteiger partial charge in [0.15, 0.2) is 0 Å². The summed E-state index contributed by atoms with van der Waals surface area (Å²) in [5.41, 5.74) is 5.45. The van der Waals surface area contributed by atoms with Crippen LogP contribution < -0.4 is 0 Å². The van der Waals surface area contributed by atoms with Crippen molar-refractivity contribution in [2.45, 2.75) is 70.4 Å². The van der Waals surface area contributed by atoms with Crippen molar-refractivity contribution in [1.82, 2.24) is 14.9 Å². The van der Waals surface area contributed by atoms with Gasteiger partial charge in [-0.05, 0) is 68.8 Å². The van der Waals surface area contributed by atoms with E-state index in [1.54, 1.807) is 0 Å². The van der Waals surface area contributed by atoms with Crippen LogP contribution in [0.5, 0.6) is 0 Å². The second-order valence-corrected chi connectivity index (χ2v) is 7.24. The summed E-state index contributed by atoms with van der Waals surface area (Å²) >= 11 is 0. The zero-order valence-electron chi connectivity index (χ0n) is 13.7. The summed E-state index contributed by atoms with van der Waals surface area (Å²) in [7, 11) is 2.26. The molecule has 1 aromatic carbocycles. The minimum absolute atomic E-state index is 0.746. The molecule has 1 N–H and O–H groups in total. The van der Waals surface area contributed by atoms with Gasteiger partial charge in [-0.15, -0.1) is 0 Å².